The van der Waals surface area contributed by atoms with Crippen molar-refractivity contribution in [2.45, 2.75) is 58.2 Å². The van der Waals surface area contributed by atoms with Gasteiger partial charge in [0, 0.05) is 6.04 Å². The van der Waals surface area contributed by atoms with E-state index in [0.29, 0.717) is 24.2 Å². The van der Waals surface area contributed by atoms with Gasteiger partial charge in [0.05, 0.1) is 23.4 Å². The second kappa shape index (κ2) is 8.25. The van der Waals surface area contributed by atoms with Crippen LogP contribution in [-0.2, 0) is 9.53 Å². The highest BCUT2D eigenvalue weighted by atomic mass is 19.1. The molecule has 1 aromatic rings. The van der Waals surface area contributed by atoms with Crippen LogP contribution in [0.25, 0.3) is 0 Å². The van der Waals surface area contributed by atoms with Crippen LogP contribution in [0.15, 0.2) is 18.2 Å². The van der Waals surface area contributed by atoms with Crippen LogP contribution in [0.2, 0.25) is 0 Å². The van der Waals surface area contributed by atoms with E-state index in [0.717, 1.165) is 0 Å². The van der Waals surface area contributed by atoms with Gasteiger partial charge < -0.3 is 20.7 Å². The SMILES string of the molecule is CC(NC(=O)OC(C)(C)C)C(=O)Nc1ccc(F)cc1NC1CC(C#N)C1. The third-order valence-corrected chi connectivity index (χ3v) is 4.05. The molecular formula is C19H25FN4O3. The lowest BCUT2D eigenvalue weighted by molar-refractivity contribution is -0.117. The molecule has 146 valence electrons. The predicted molar refractivity (Wildman–Crippen MR) is 99.6 cm³/mol. The van der Waals surface area contributed by atoms with Gasteiger partial charge in [0.25, 0.3) is 0 Å². The van der Waals surface area contributed by atoms with Gasteiger partial charge in [-0.05, 0) is 58.7 Å². The van der Waals surface area contributed by atoms with Crippen LogP contribution in [0.5, 0.6) is 0 Å². The molecule has 0 spiro atoms. The lowest BCUT2D eigenvalue weighted by Gasteiger charge is -2.32. The molecule has 0 aliphatic heterocycles. The van der Waals surface area contributed by atoms with Crippen LogP contribution in [-0.4, -0.2) is 29.7 Å². The summed E-state index contributed by atoms with van der Waals surface area (Å²) in [4.78, 5) is 24.2. The fourth-order valence-electron chi connectivity index (χ4n) is 2.60. The van der Waals surface area contributed by atoms with E-state index in [1.807, 2.05) is 0 Å². The summed E-state index contributed by atoms with van der Waals surface area (Å²) in [6, 6.07) is 5.39. The maximum Gasteiger partial charge on any atom is 0.408 e. The molecule has 7 nitrogen and oxygen atoms in total. The molecule has 0 heterocycles. The zero-order chi connectivity index (χ0) is 20.2. The minimum Gasteiger partial charge on any atom is -0.444 e. The maximum atomic E-state index is 13.6. The van der Waals surface area contributed by atoms with E-state index < -0.39 is 29.5 Å². The molecule has 0 aromatic heterocycles. The number of hydrogen-bond acceptors (Lipinski definition) is 5. The van der Waals surface area contributed by atoms with E-state index in [-0.39, 0.29) is 12.0 Å². The zero-order valence-corrected chi connectivity index (χ0v) is 15.9. The summed E-state index contributed by atoms with van der Waals surface area (Å²) in [6.07, 6.45) is 0.660. The van der Waals surface area contributed by atoms with Crippen molar-refractivity contribution in [2.75, 3.05) is 10.6 Å². The van der Waals surface area contributed by atoms with Crippen molar-refractivity contribution in [1.29, 1.82) is 5.26 Å². The molecule has 1 aliphatic carbocycles. The number of hydrogen-bond donors (Lipinski definition) is 3. The number of carbonyl (C=O) groups excluding carboxylic acids is 2. The second-order valence-electron chi connectivity index (χ2n) is 7.69. The molecule has 0 saturated heterocycles. The minimum atomic E-state index is -0.843. The Morgan fingerprint density at radius 3 is 2.56 bits per heavy atom. The number of anilines is 2. The smallest absolute Gasteiger partial charge is 0.408 e. The highest BCUT2D eigenvalue weighted by molar-refractivity contribution is 5.98. The van der Waals surface area contributed by atoms with Gasteiger partial charge in [0.15, 0.2) is 0 Å². The van der Waals surface area contributed by atoms with Gasteiger partial charge in [-0.25, -0.2) is 9.18 Å². The number of carbonyl (C=O) groups is 2. The van der Waals surface area contributed by atoms with Gasteiger partial charge >= 0.3 is 6.09 Å². The average Bonchev–Trinajstić information content (AvgIpc) is 2.50. The molecule has 27 heavy (non-hydrogen) atoms. The van der Waals surface area contributed by atoms with E-state index in [4.69, 9.17) is 10.00 Å². The van der Waals surface area contributed by atoms with Gasteiger partial charge in [0.1, 0.15) is 17.5 Å². The summed E-state index contributed by atoms with van der Waals surface area (Å²) in [7, 11) is 0. The van der Waals surface area contributed by atoms with Gasteiger partial charge in [-0.3, -0.25) is 4.79 Å². The quantitative estimate of drug-likeness (QED) is 0.731. The number of nitrogens with one attached hydrogen (secondary N) is 3. The maximum absolute atomic E-state index is 13.6. The van der Waals surface area contributed by atoms with Crippen molar-refractivity contribution in [3.63, 3.8) is 0 Å². The first-order valence-corrected chi connectivity index (χ1v) is 8.83. The Morgan fingerprint density at radius 2 is 1.96 bits per heavy atom. The van der Waals surface area contributed by atoms with Crippen LogP contribution >= 0.6 is 0 Å². The monoisotopic (exact) mass is 376 g/mol. The molecule has 1 unspecified atom stereocenters. The highest BCUT2D eigenvalue weighted by Crippen LogP contribution is 2.32. The molecule has 1 fully saturated rings. The number of amides is 2. The van der Waals surface area contributed by atoms with Crippen LogP contribution in [0, 0.1) is 23.1 Å². The first-order valence-electron chi connectivity index (χ1n) is 8.83. The molecule has 1 aromatic carbocycles. The van der Waals surface area contributed by atoms with E-state index in [9.17, 15) is 14.0 Å². The van der Waals surface area contributed by atoms with Crippen molar-refractivity contribution in [3.05, 3.63) is 24.0 Å². The number of nitrogens with zero attached hydrogens (tertiary/aromatic N) is 1. The van der Waals surface area contributed by atoms with Crippen molar-refractivity contribution in [2.24, 2.45) is 5.92 Å². The summed E-state index contributed by atoms with van der Waals surface area (Å²) in [6.45, 7) is 6.71. The summed E-state index contributed by atoms with van der Waals surface area (Å²) in [5.74, 6) is -0.891. The molecular weight excluding hydrogens is 351 g/mol. The van der Waals surface area contributed by atoms with Crippen molar-refractivity contribution < 1.29 is 18.7 Å². The van der Waals surface area contributed by atoms with Crippen molar-refractivity contribution >= 4 is 23.4 Å². The molecule has 0 bridgehead atoms. The summed E-state index contributed by atoms with van der Waals surface area (Å²) >= 11 is 0. The lowest BCUT2D eigenvalue weighted by atomic mass is 9.81. The van der Waals surface area contributed by atoms with Crippen molar-refractivity contribution in [3.8, 4) is 6.07 Å². The van der Waals surface area contributed by atoms with Crippen LogP contribution < -0.4 is 16.0 Å². The molecule has 1 saturated carbocycles. The Bertz CT molecular complexity index is 748. The molecule has 1 atom stereocenters. The lowest BCUT2D eigenvalue weighted by Crippen LogP contribution is -2.44. The Balaban J connectivity index is 1.98. The van der Waals surface area contributed by atoms with E-state index in [1.165, 1.54) is 25.1 Å². The molecule has 3 N–H and O–H groups in total. The number of rotatable bonds is 5. The minimum absolute atomic E-state index is 0.00662. The van der Waals surface area contributed by atoms with Gasteiger partial charge in [-0.15, -0.1) is 0 Å². The molecule has 2 amide bonds. The molecule has 1 aliphatic rings. The number of alkyl carbamates (subject to hydrolysis) is 1. The predicted octanol–water partition coefficient (Wildman–Crippen LogP) is 3.39. The Kier molecular flexibility index (Phi) is 6.26. The van der Waals surface area contributed by atoms with E-state index in [2.05, 4.69) is 22.0 Å². The van der Waals surface area contributed by atoms with Crippen LogP contribution in [0.1, 0.15) is 40.5 Å². The fourth-order valence-corrected chi connectivity index (χ4v) is 2.60. The van der Waals surface area contributed by atoms with Gasteiger partial charge in [-0.2, -0.15) is 5.26 Å². The van der Waals surface area contributed by atoms with E-state index >= 15 is 0 Å². The Hall–Kier alpha value is -2.82. The number of halogens is 1. The van der Waals surface area contributed by atoms with E-state index in [1.54, 1.807) is 20.8 Å². The Morgan fingerprint density at radius 1 is 1.30 bits per heavy atom. The van der Waals surface area contributed by atoms with Crippen molar-refractivity contribution in [1.82, 2.24) is 5.32 Å². The third kappa shape index (κ3) is 6.13. The third-order valence-electron chi connectivity index (χ3n) is 4.05. The number of nitriles is 1. The topological polar surface area (TPSA) is 103 Å². The standard InChI is InChI=1S/C19H25FN4O3/c1-11(22-18(26)27-19(2,3)4)17(25)24-15-6-5-13(20)9-16(15)23-14-7-12(8-14)10-21/h5-6,9,11-12,14,23H,7-8H2,1-4H3,(H,22,26)(H,24,25). The largest absolute Gasteiger partial charge is 0.444 e. The number of ether oxygens (including phenoxy) is 1. The summed E-state index contributed by atoms with van der Waals surface area (Å²) in [5, 5.41) is 17.1. The average molecular weight is 376 g/mol. The highest BCUT2D eigenvalue weighted by Gasteiger charge is 2.29. The molecule has 0 radical (unpaired) electrons. The molecule has 8 heteroatoms. The normalized spacial score (nSPS) is 19.9. The molecule has 2 rings (SSSR count). The second-order valence-corrected chi connectivity index (χ2v) is 7.69. The fraction of sp³-hybridized carbons (Fsp3) is 0.526. The number of benzene rings is 1. The Labute approximate surface area is 158 Å². The summed E-state index contributed by atoms with van der Waals surface area (Å²) in [5.41, 5.74) is 0.173. The zero-order valence-electron chi connectivity index (χ0n) is 15.9. The van der Waals surface area contributed by atoms with Gasteiger partial charge in [0.2, 0.25) is 5.91 Å². The first-order chi connectivity index (χ1) is 12.6. The van der Waals surface area contributed by atoms with Crippen LogP contribution in [0.3, 0.4) is 0 Å². The van der Waals surface area contributed by atoms with Crippen LogP contribution in [0.4, 0.5) is 20.6 Å². The van der Waals surface area contributed by atoms with Gasteiger partial charge in [-0.1, -0.05) is 0 Å². The summed E-state index contributed by atoms with van der Waals surface area (Å²) < 4.78 is 18.7. The first kappa shape index (κ1) is 20.5.